The Bertz CT molecular complexity index is 996. The number of alkyl halides is 3. The van der Waals surface area contributed by atoms with Crippen LogP contribution in [-0.4, -0.2) is 39.1 Å². The van der Waals surface area contributed by atoms with Gasteiger partial charge in [-0.3, -0.25) is 4.98 Å². The lowest BCUT2D eigenvalue weighted by molar-refractivity contribution is -0.137. The number of ether oxygens (including phenoxy) is 1. The Hall–Kier alpha value is -3.23. The normalized spacial score (nSPS) is 16.7. The Morgan fingerprint density at radius 1 is 1.13 bits per heavy atom. The molecule has 0 amide bonds. The van der Waals surface area contributed by atoms with Crippen LogP contribution in [0.1, 0.15) is 24.6 Å². The van der Waals surface area contributed by atoms with Crippen molar-refractivity contribution in [1.29, 1.82) is 0 Å². The highest BCUT2D eigenvalue weighted by Crippen LogP contribution is 2.30. The Kier molecular flexibility index (Phi) is 5.52. The number of halogens is 3. The van der Waals surface area contributed by atoms with Crippen molar-refractivity contribution in [2.45, 2.75) is 32.0 Å². The molecule has 3 aromatic rings. The second-order valence-electron chi connectivity index (χ2n) is 6.99. The molecule has 3 aromatic heterocycles. The van der Waals surface area contributed by atoms with Crippen LogP contribution in [0.3, 0.4) is 0 Å². The van der Waals surface area contributed by atoms with Crippen LogP contribution in [0.2, 0.25) is 0 Å². The zero-order valence-electron chi connectivity index (χ0n) is 16.3. The van der Waals surface area contributed by atoms with Gasteiger partial charge in [0.05, 0.1) is 12.1 Å². The predicted octanol–water partition coefficient (Wildman–Crippen LogP) is 4.17. The van der Waals surface area contributed by atoms with Crippen LogP contribution in [0.15, 0.2) is 48.9 Å². The zero-order chi connectivity index (χ0) is 21.1. The first-order valence-corrected chi connectivity index (χ1v) is 9.65. The number of aromatic nitrogens is 4. The molecule has 0 aliphatic carbocycles. The van der Waals surface area contributed by atoms with Crippen molar-refractivity contribution in [2.75, 3.05) is 18.0 Å². The first-order valence-electron chi connectivity index (χ1n) is 9.65. The van der Waals surface area contributed by atoms with Crippen molar-refractivity contribution in [2.24, 2.45) is 0 Å². The SMILES string of the molecule is CCc1cc(N2CCC(Oc3ccc(C(F)(F)F)cn3)C2)nc(-c2ccncc2)n1. The fourth-order valence-corrected chi connectivity index (χ4v) is 3.28. The molecular weight excluding hydrogens is 395 g/mol. The first kappa shape index (κ1) is 20.1. The Morgan fingerprint density at radius 3 is 2.60 bits per heavy atom. The highest BCUT2D eigenvalue weighted by molar-refractivity contribution is 5.57. The van der Waals surface area contributed by atoms with Crippen LogP contribution in [0, 0.1) is 0 Å². The molecule has 4 heterocycles. The van der Waals surface area contributed by atoms with Gasteiger partial charge in [0.2, 0.25) is 5.88 Å². The number of aryl methyl sites for hydroxylation is 1. The smallest absolute Gasteiger partial charge is 0.417 e. The summed E-state index contributed by atoms with van der Waals surface area (Å²) in [5.41, 5.74) is 1.03. The number of anilines is 1. The molecule has 0 aromatic carbocycles. The summed E-state index contributed by atoms with van der Waals surface area (Å²) in [7, 11) is 0. The van der Waals surface area contributed by atoms with Gasteiger partial charge < -0.3 is 9.64 Å². The quantitative estimate of drug-likeness (QED) is 0.623. The summed E-state index contributed by atoms with van der Waals surface area (Å²) < 4.78 is 43.8. The summed E-state index contributed by atoms with van der Waals surface area (Å²) >= 11 is 0. The summed E-state index contributed by atoms with van der Waals surface area (Å²) in [6.45, 7) is 3.33. The summed E-state index contributed by atoms with van der Waals surface area (Å²) in [6.07, 6.45) is 1.10. The second kappa shape index (κ2) is 8.25. The Morgan fingerprint density at radius 2 is 1.93 bits per heavy atom. The van der Waals surface area contributed by atoms with Gasteiger partial charge >= 0.3 is 6.18 Å². The lowest BCUT2D eigenvalue weighted by Crippen LogP contribution is -2.26. The standard InChI is InChI=1S/C21H20F3N5O/c1-2-16-11-18(28-20(27-16)14-5-8-25-9-6-14)29-10-7-17(13-29)30-19-4-3-15(12-26-19)21(22,23)24/h3-6,8-9,11-12,17H,2,7,10,13H2,1H3. The van der Waals surface area contributed by atoms with E-state index in [4.69, 9.17) is 9.72 Å². The third-order valence-electron chi connectivity index (χ3n) is 4.89. The maximum atomic E-state index is 12.7. The monoisotopic (exact) mass is 415 g/mol. The summed E-state index contributed by atoms with van der Waals surface area (Å²) in [5, 5.41) is 0. The van der Waals surface area contributed by atoms with Crippen LogP contribution in [0.25, 0.3) is 11.4 Å². The van der Waals surface area contributed by atoms with E-state index in [9.17, 15) is 13.2 Å². The molecule has 9 heteroatoms. The van der Waals surface area contributed by atoms with Crippen molar-refractivity contribution in [1.82, 2.24) is 19.9 Å². The maximum absolute atomic E-state index is 12.7. The third-order valence-corrected chi connectivity index (χ3v) is 4.89. The predicted molar refractivity (Wildman–Crippen MR) is 105 cm³/mol. The number of hydrogen-bond donors (Lipinski definition) is 0. The van der Waals surface area contributed by atoms with E-state index in [1.165, 1.54) is 6.07 Å². The summed E-state index contributed by atoms with van der Waals surface area (Å²) in [4.78, 5) is 19.2. The fraction of sp³-hybridized carbons (Fsp3) is 0.333. The lowest BCUT2D eigenvalue weighted by atomic mass is 10.2. The highest BCUT2D eigenvalue weighted by atomic mass is 19.4. The van der Waals surface area contributed by atoms with E-state index in [0.29, 0.717) is 12.4 Å². The van der Waals surface area contributed by atoms with Gasteiger partial charge in [0.1, 0.15) is 11.9 Å². The molecule has 1 atom stereocenters. The summed E-state index contributed by atoms with van der Waals surface area (Å²) in [6, 6.07) is 7.93. The molecule has 1 saturated heterocycles. The Labute approximate surface area is 171 Å². The number of hydrogen-bond acceptors (Lipinski definition) is 6. The van der Waals surface area contributed by atoms with E-state index in [1.807, 2.05) is 25.1 Å². The van der Waals surface area contributed by atoms with E-state index in [-0.39, 0.29) is 12.0 Å². The van der Waals surface area contributed by atoms with Gasteiger partial charge in [-0.15, -0.1) is 0 Å². The van der Waals surface area contributed by atoms with Gasteiger partial charge in [-0.2, -0.15) is 13.2 Å². The molecule has 0 radical (unpaired) electrons. The topological polar surface area (TPSA) is 64.0 Å². The minimum Gasteiger partial charge on any atom is -0.472 e. The Balaban J connectivity index is 1.48. The first-order chi connectivity index (χ1) is 14.4. The van der Waals surface area contributed by atoms with E-state index >= 15 is 0 Å². The number of nitrogens with zero attached hydrogens (tertiary/aromatic N) is 5. The summed E-state index contributed by atoms with van der Waals surface area (Å²) in [5.74, 6) is 1.63. The minimum atomic E-state index is -4.41. The molecule has 1 aliphatic heterocycles. The molecule has 30 heavy (non-hydrogen) atoms. The van der Waals surface area contributed by atoms with Crippen LogP contribution in [0.5, 0.6) is 5.88 Å². The van der Waals surface area contributed by atoms with Crippen molar-refractivity contribution in [3.05, 3.63) is 60.2 Å². The van der Waals surface area contributed by atoms with Gasteiger partial charge in [-0.25, -0.2) is 15.0 Å². The van der Waals surface area contributed by atoms with Gasteiger partial charge in [0, 0.05) is 54.9 Å². The largest absolute Gasteiger partial charge is 0.472 e. The molecule has 4 rings (SSSR count). The van der Waals surface area contributed by atoms with E-state index in [1.54, 1.807) is 12.4 Å². The molecule has 1 aliphatic rings. The molecular formula is C21H20F3N5O. The molecule has 156 valence electrons. The van der Waals surface area contributed by atoms with Crippen LogP contribution in [0.4, 0.5) is 19.0 Å². The van der Waals surface area contributed by atoms with Crippen LogP contribution < -0.4 is 9.64 Å². The molecule has 0 N–H and O–H groups in total. The number of rotatable bonds is 5. The van der Waals surface area contributed by atoms with Crippen LogP contribution >= 0.6 is 0 Å². The molecule has 0 bridgehead atoms. The van der Waals surface area contributed by atoms with Gasteiger partial charge in [-0.05, 0) is 24.6 Å². The molecule has 1 fully saturated rings. The van der Waals surface area contributed by atoms with Crippen molar-refractivity contribution in [3.63, 3.8) is 0 Å². The maximum Gasteiger partial charge on any atom is 0.417 e. The minimum absolute atomic E-state index is 0.182. The average molecular weight is 415 g/mol. The fourth-order valence-electron chi connectivity index (χ4n) is 3.28. The van der Waals surface area contributed by atoms with Gasteiger partial charge in [0.25, 0.3) is 0 Å². The van der Waals surface area contributed by atoms with Crippen molar-refractivity contribution < 1.29 is 17.9 Å². The van der Waals surface area contributed by atoms with Crippen molar-refractivity contribution in [3.8, 4) is 17.3 Å². The number of pyridine rings is 2. The van der Waals surface area contributed by atoms with Gasteiger partial charge in [0.15, 0.2) is 5.82 Å². The second-order valence-corrected chi connectivity index (χ2v) is 6.99. The van der Waals surface area contributed by atoms with Crippen molar-refractivity contribution >= 4 is 5.82 Å². The van der Waals surface area contributed by atoms with E-state index in [2.05, 4.69) is 19.9 Å². The molecule has 1 unspecified atom stereocenters. The van der Waals surface area contributed by atoms with E-state index in [0.717, 1.165) is 48.7 Å². The van der Waals surface area contributed by atoms with Crippen LogP contribution in [-0.2, 0) is 12.6 Å². The van der Waals surface area contributed by atoms with Gasteiger partial charge in [-0.1, -0.05) is 6.92 Å². The molecule has 6 nitrogen and oxygen atoms in total. The molecule has 0 spiro atoms. The zero-order valence-corrected chi connectivity index (χ0v) is 16.3. The lowest BCUT2D eigenvalue weighted by Gasteiger charge is -2.19. The highest BCUT2D eigenvalue weighted by Gasteiger charge is 2.31. The average Bonchev–Trinajstić information content (AvgIpc) is 3.22. The third kappa shape index (κ3) is 4.50. The van der Waals surface area contributed by atoms with E-state index < -0.39 is 11.7 Å². The molecule has 0 saturated carbocycles.